The van der Waals surface area contributed by atoms with E-state index in [1.807, 2.05) is 24.3 Å². The van der Waals surface area contributed by atoms with Crippen LogP contribution in [0, 0.1) is 0 Å². The summed E-state index contributed by atoms with van der Waals surface area (Å²) in [4.78, 5) is 23.3. The zero-order valence-corrected chi connectivity index (χ0v) is 11.7. The lowest BCUT2D eigenvalue weighted by atomic mass is 10.2. The van der Waals surface area contributed by atoms with Crippen molar-refractivity contribution in [2.75, 3.05) is 5.32 Å². The molecule has 0 saturated carbocycles. The summed E-state index contributed by atoms with van der Waals surface area (Å²) in [5.74, 6) is -0.324. The number of nitrogens with one attached hydrogen (secondary N) is 1. The molecule has 2 aromatic rings. The number of hydrogen-bond acceptors (Lipinski definition) is 4. The van der Waals surface area contributed by atoms with Crippen LogP contribution in [0.3, 0.4) is 0 Å². The number of carbonyl (C=O) groups is 1. The van der Waals surface area contributed by atoms with Crippen LogP contribution in [-0.4, -0.2) is 10.1 Å². The summed E-state index contributed by atoms with van der Waals surface area (Å²) in [5, 5.41) is 3.48. The van der Waals surface area contributed by atoms with Gasteiger partial charge in [-0.15, -0.1) is 12.6 Å². The van der Waals surface area contributed by atoms with E-state index in [0.717, 1.165) is 21.4 Å². The zero-order valence-electron chi connectivity index (χ0n) is 9.17. The molecule has 0 radical (unpaired) electrons. The van der Waals surface area contributed by atoms with E-state index < -0.39 is 0 Å². The second kappa shape index (κ2) is 5.60. The Morgan fingerprint density at radius 1 is 1.39 bits per heavy atom. The van der Waals surface area contributed by atoms with Crippen molar-refractivity contribution in [3.63, 3.8) is 0 Å². The number of amides is 1. The quantitative estimate of drug-likeness (QED) is 0.676. The normalized spacial score (nSPS) is 10.3. The van der Waals surface area contributed by atoms with Gasteiger partial charge in [0.2, 0.25) is 5.91 Å². The Morgan fingerprint density at radius 3 is 2.83 bits per heavy atom. The molecule has 0 saturated heterocycles. The lowest BCUT2D eigenvalue weighted by Gasteiger charge is -2.04. The molecule has 0 bridgehead atoms. The first kappa shape index (κ1) is 13.2. The van der Waals surface area contributed by atoms with Crippen LogP contribution in [0.2, 0.25) is 0 Å². The molecular weight excluding hydrogens is 286 g/mol. The van der Waals surface area contributed by atoms with Gasteiger partial charge in [-0.1, -0.05) is 41.8 Å². The molecule has 0 atom stereocenters. The molecule has 2 rings (SSSR count). The fourth-order valence-corrected chi connectivity index (χ4v) is 2.57. The van der Waals surface area contributed by atoms with Gasteiger partial charge in [-0.05, 0) is 17.5 Å². The maximum absolute atomic E-state index is 11.8. The molecule has 1 amide bonds. The molecule has 92 valence electrons. The molecule has 1 aromatic carbocycles. The summed E-state index contributed by atoms with van der Waals surface area (Å²) >= 11 is 9.72. The van der Waals surface area contributed by atoms with E-state index in [2.05, 4.69) is 17.9 Å². The van der Waals surface area contributed by atoms with Crippen molar-refractivity contribution in [3.05, 3.63) is 39.9 Å². The number of thiocarbonyl (C=S) groups is 1. The number of rotatable bonds is 3. The first-order chi connectivity index (χ1) is 8.56. The van der Waals surface area contributed by atoms with Gasteiger partial charge >= 0.3 is 0 Å². The van der Waals surface area contributed by atoms with Crippen molar-refractivity contribution >= 4 is 62.1 Å². The molecule has 0 aliphatic heterocycles. The summed E-state index contributed by atoms with van der Waals surface area (Å²) in [6.07, 6.45) is 0.0232. The van der Waals surface area contributed by atoms with Gasteiger partial charge in [0.25, 0.3) is 4.74 Å². The molecular formula is C12H9NO2S3. The van der Waals surface area contributed by atoms with Gasteiger partial charge in [-0.2, -0.15) is 0 Å². The topological polar surface area (TPSA) is 46.2 Å². The van der Waals surface area contributed by atoms with E-state index in [-0.39, 0.29) is 22.8 Å². The van der Waals surface area contributed by atoms with Crippen LogP contribution in [0.15, 0.2) is 35.1 Å². The zero-order chi connectivity index (χ0) is 13.1. The van der Waals surface area contributed by atoms with Gasteiger partial charge in [0.1, 0.15) is 5.69 Å². The first-order valence-corrected chi connectivity index (χ1v) is 6.78. The average Bonchev–Trinajstić information content (AvgIpc) is 2.29. The summed E-state index contributed by atoms with van der Waals surface area (Å²) in [7, 11) is 0. The Hall–Kier alpha value is -1.24. The highest BCUT2D eigenvalue weighted by Crippen LogP contribution is 2.19. The Morgan fingerprint density at radius 2 is 2.11 bits per heavy atom. The second-order valence-corrected chi connectivity index (χ2v) is 5.95. The summed E-state index contributed by atoms with van der Waals surface area (Å²) in [6, 6.07) is 9.19. The van der Waals surface area contributed by atoms with Crippen molar-refractivity contribution in [2.45, 2.75) is 6.42 Å². The summed E-state index contributed by atoms with van der Waals surface area (Å²) < 4.78 is 1.02. The molecule has 1 heterocycles. The van der Waals surface area contributed by atoms with Crippen LogP contribution in [-0.2, 0) is 4.79 Å². The molecule has 0 fully saturated rings. The van der Waals surface area contributed by atoms with E-state index >= 15 is 0 Å². The van der Waals surface area contributed by atoms with Gasteiger partial charge < -0.3 is 5.32 Å². The van der Waals surface area contributed by atoms with Crippen molar-refractivity contribution in [3.8, 4) is 0 Å². The third-order valence-electron chi connectivity index (χ3n) is 2.23. The maximum Gasteiger partial charge on any atom is 0.256 e. The fraction of sp³-hybridized carbons (Fsp3) is 0.0833. The number of benzene rings is 1. The van der Waals surface area contributed by atoms with Crippen LogP contribution in [0.4, 0.5) is 5.69 Å². The van der Waals surface area contributed by atoms with E-state index in [4.69, 9.17) is 12.2 Å². The van der Waals surface area contributed by atoms with Crippen LogP contribution in [0.1, 0.15) is 6.42 Å². The monoisotopic (exact) mass is 295 g/mol. The summed E-state index contributed by atoms with van der Waals surface area (Å²) in [5.41, 5.74) is 0.285. The Kier molecular flexibility index (Phi) is 4.11. The highest BCUT2D eigenvalue weighted by Gasteiger charge is 2.08. The van der Waals surface area contributed by atoms with E-state index in [9.17, 15) is 9.59 Å². The smallest absolute Gasteiger partial charge is 0.256 e. The van der Waals surface area contributed by atoms with Crippen LogP contribution in [0.25, 0.3) is 10.1 Å². The minimum absolute atomic E-state index is 0.0232. The molecule has 0 aliphatic carbocycles. The van der Waals surface area contributed by atoms with Crippen LogP contribution < -0.4 is 10.1 Å². The maximum atomic E-state index is 11.8. The Balaban J connectivity index is 2.33. The first-order valence-electron chi connectivity index (χ1n) is 5.11. The van der Waals surface area contributed by atoms with Crippen molar-refractivity contribution in [1.82, 2.24) is 0 Å². The van der Waals surface area contributed by atoms with Gasteiger partial charge in [-0.25, -0.2) is 0 Å². The van der Waals surface area contributed by atoms with E-state index in [1.165, 1.54) is 0 Å². The molecule has 0 aliphatic rings. The largest absolute Gasteiger partial charge is 0.322 e. The van der Waals surface area contributed by atoms with Gasteiger partial charge in [0.05, 0.1) is 10.6 Å². The van der Waals surface area contributed by atoms with Crippen LogP contribution in [0.5, 0.6) is 0 Å². The van der Waals surface area contributed by atoms with Crippen LogP contribution >= 0.6 is 36.2 Å². The molecule has 1 N–H and O–H groups in total. The Bertz CT molecular complexity index is 678. The second-order valence-electron chi connectivity index (χ2n) is 3.60. The number of fused-ring (bicyclic) bond motifs is 1. The predicted molar refractivity (Wildman–Crippen MR) is 82.9 cm³/mol. The third kappa shape index (κ3) is 3.16. The van der Waals surface area contributed by atoms with Crippen molar-refractivity contribution in [2.24, 2.45) is 0 Å². The van der Waals surface area contributed by atoms with E-state index in [0.29, 0.717) is 4.20 Å². The van der Waals surface area contributed by atoms with Gasteiger partial charge in [0, 0.05) is 4.70 Å². The standard InChI is InChI=1S/C12H9NO2S3/c14-10(6-11(16)17)13-8-5-7-3-1-2-4-9(7)18-12(8)15/h1-5H,6H2,(H,13,14)(H,16,17). The highest BCUT2D eigenvalue weighted by molar-refractivity contribution is 8.11. The predicted octanol–water partition coefficient (Wildman–Crippen LogP) is 2.85. The van der Waals surface area contributed by atoms with E-state index in [1.54, 1.807) is 6.07 Å². The molecule has 18 heavy (non-hydrogen) atoms. The lowest BCUT2D eigenvalue weighted by molar-refractivity contribution is -0.115. The molecule has 0 spiro atoms. The van der Waals surface area contributed by atoms with Gasteiger partial charge in [-0.3, -0.25) is 9.59 Å². The molecule has 6 heteroatoms. The summed E-state index contributed by atoms with van der Waals surface area (Å²) in [6.45, 7) is 0. The lowest BCUT2D eigenvalue weighted by Crippen LogP contribution is -2.17. The van der Waals surface area contributed by atoms with Crippen molar-refractivity contribution in [1.29, 1.82) is 0 Å². The highest BCUT2D eigenvalue weighted by atomic mass is 32.1. The number of thiol groups is 1. The Labute approximate surface area is 118 Å². The number of hydrogen-bond donors (Lipinski definition) is 2. The minimum Gasteiger partial charge on any atom is -0.322 e. The minimum atomic E-state index is -0.324. The molecule has 3 nitrogen and oxygen atoms in total. The molecule has 1 aromatic heterocycles. The number of anilines is 1. The third-order valence-corrected chi connectivity index (χ3v) is 3.53. The molecule has 0 unspecified atom stereocenters. The fourth-order valence-electron chi connectivity index (χ4n) is 1.48. The van der Waals surface area contributed by atoms with Crippen molar-refractivity contribution < 1.29 is 4.79 Å². The number of carbonyl (C=O) groups excluding carboxylic acids is 1. The average molecular weight is 295 g/mol. The SMILES string of the molecule is O=C(CC(=S)S)Nc1cc2ccccc2sc1=O. The van der Waals surface area contributed by atoms with Gasteiger partial charge in [0.15, 0.2) is 0 Å².